The predicted octanol–water partition coefficient (Wildman–Crippen LogP) is 4.39. The number of hydrogen-bond donors (Lipinski definition) is 1. The molecule has 0 unspecified atom stereocenters. The first-order valence-corrected chi connectivity index (χ1v) is 10.9. The Labute approximate surface area is 187 Å². The summed E-state index contributed by atoms with van der Waals surface area (Å²) in [6.07, 6.45) is 1.42. The second-order valence-electron chi connectivity index (χ2n) is 7.99. The molecule has 1 N–H and O–H groups in total. The second-order valence-corrected chi connectivity index (χ2v) is 7.99. The third-order valence-corrected chi connectivity index (χ3v) is 5.98. The van der Waals surface area contributed by atoms with E-state index in [4.69, 9.17) is 4.74 Å². The third kappa shape index (κ3) is 3.80. The topological polar surface area (TPSA) is 61.9 Å². The SMILES string of the molecule is O=C1CCCN1c1ccccc1NCC(=O)N1c2ccccc2OC[C@H]1c1ccccc1. The molecule has 3 aromatic rings. The largest absolute Gasteiger partial charge is 0.489 e. The van der Waals surface area contributed by atoms with Crippen molar-refractivity contribution < 1.29 is 14.3 Å². The smallest absolute Gasteiger partial charge is 0.247 e. The van der Waals surface area contributed by atoms with Gasteiger partial charge in [0.15, 0.2) is 0 Å². The van der Waals surface area contributed by atoms with Crippen molar-refractivity contribution in [3.63, 3.8) is 0 Å². The number of anilines is 3. The van der Waals surface area contributed by atoms with Crippen molar-refractivity contribution in [1.82, 2.24) is 0 Å². The molecule has 2 aliphatic heterocycles. The first-order chi connectivity index (χ1) is 15.7. The maximum atomic E-state index is 13.5. The van der Waals surface area contributed by atoms with Crippen LogP contribution < -0.4 is 19.9 Å². The predicted molar refractivity (Wildman–Crippen MR) is 125 cm³/mol. The maximum Gasteiger partial charge on any atom is 0.247 e. The number of nitrogens with one attached hydrogen (secondary N) is 1. The van der Waals surface area contributed by atoms with Crippen LogP contribution in [0.4, 0.5) is 17.1 Å². The van der Waals surface area contributed by atoms with E-state index in [1.54, 1.807) is 4.90 Å². The van der Waals surface area contributed by atoms with Gasteiger partial charge in [-0.05, 0) is 36.2 Å². The van der Waals surface area contributed by atoms with Crippen molar-refractivity contribution in [2.75, 3.05) is 34.8 Å². The van der Waals surface area contributed by atoms with Crippen LogP contribution in [0.25, 0.3) is 0 Å². The van der Waals surface area contributed by atoms with E-state index in [0.717, 1.165) is 29.0 Å². The number of carbonyl (C=O) groups is 2. The summed E-state index contributed by atoms with van der Waals surface area (Å²) in [6.45, 7) is 1.21. The third-order valence-electron chi connectivity index (χ3n) is 5.98. The maximum absolute atomic E-state index is 13.5. The molecule has 6 nitrogen and oxygen atoms in total. The Kier molecular flexibility index (Phi) is 5.50. The van der Waals surface area contributed by atoms with Crippen LogP contribution in [-0.4, -0.2) is 31.5 Å². The molecular formula is C26H25N3O3. The molecule has 2 aliphatic rings. The fourth-order valence-corrected chi connectivity index (χ4v) is 4.44. The average Bonchev–Trinajstić information content (AvgIpc) is 3.28. The normalized spacial score (nSPS) is 17.6. The Balaban J connectivity index is 1.41. The van der Waals surface area contributed by atoms with Crippen molar-refractivity contribution in [3.8, 4) is 5.75 Å². The molecule has 5 rings (SSSR count). The summed E-state index contributed by atoms with van der Waals surface area (Å²) in [6, 6.07) is 25.0. The van der Waals surface area contributed by atoms with Gasteiger partial charge in [-0.2, -0.15) is 0 Å². The molecule has 1 atom stereocenters. The van der Waals surface area contributed by atoms with Gasteiger partial charge in [0, 0.05) is 13.0 Å². The first kappa shape index (κ1) is 20.1. The van der Waals surface area contributed by atoms with Gasteiger partial charge in [0.2, 0.25) is 11.8 Å². The van der Waals surface area contributed by atoms with Gasteiger partial charge in [0.1, 0.15) is 12.4 Å². The minimum absolute atomic E-state index is 0.0582. The van der Waals surface area contributed by atoms with E-state index < -0.39 is 0 Å². The summed E-state index contributed by atoms with van der Waals surface area (Å²) in [7, 11) is 0. The van der Waals surface area contributed by atoms with Crippen molar-refractivity contribution >= 4 is 28.9 Å². The molecule has 0 aromatic heterocycles. The van der Waals surface area contributed by atoms with Crippen molar-refractivity contribution in [3.05, 3.63) is 84.4 Å². The summed E-state index contributed by atoms with van der Waals surface area (Å²) in [4.78, 5) is 29.4. The number of carbonyl (C=O) groups excluding carboxylic acids is 2. The Morgan fingerprint density at radius 1 is 0.938 bits per heavy atom. The van der Waals surface area contributed by atoms with Crippen LogP contribution in [0, 0.1) is 0 Å². The first-order valence-electron chi connectivity index (χ1n) is 10.9. The van der Waals surface area contributed by atoms with Gasteiger partial charge in [0.25, 0.3) is 0 Å². The highest BCUT2D eigenvalue weighted by Gasteiger charge is 2.33. The number of rotatable bonds is 5. The molecule has 0 bridgehead atoms. The molecule has 3 aromatic carbocycles. The van der Waals surface area contributed by atoms with Crippen molar-refractivity contribution in [1.29, 1.82) is 0 Å². The molecule has 162 valence electrons. The van der Waals surface area contributed by atoms with Crippen LogP contribution in [0.1, 0.15) is 24.4 Å². The molecule has 0 radical (unpaired) electrons. The highest BCUT2D eigenvalue weighted by atomic mass is 16.5. The standard InChI is InChI=1S/C26H25N3O3/c30-25-15-8-16-28(25)21-12-5-4-11-20(21)27-17-26(31)29-22-13-6-7-14-24(22)32-18-23(29)19-9-2-1-3-10-19/h1-7,9-14,23,27H,8,15-18H2/t23-/m0/s1. The summed E-state index contributed by atoms with van der Waals surface area (Å²) >= 11 is 0. The van der Waals surface area contributed by atoms with Gasteiger partial charge in [0.05, 0.1) is 29.6 Å². The van der Waals surface area contributed by atoms with E-state index in [-0.39, 0.29) is 24.4 Å². The molecule has 0 aliphatic carbocycles. The fourth-order valence-electron chi connectivity index (χ4n) is 4.44. The van der Waals surface area contributed by atoms with E-state index in [0.29, 0.717) is 25.3 Å². The lowest BCUT2D eigenvalue weighted by molar-refractivity contribution is -0.118. The zero-order chi connectivity index (χ0) is 21.9. The van der Waals surface area contributed by atoms with Crippen LogP contribution in [0.2, 0.25) is 0 Å². The molecule has 0 saturated carbocycles. The lowest BCUT2D eigenvalue weighted by atomic mass is 10.0. The molecule has 6 heteroatoms. The van der Waals surface area contributed by atoms with Crippen molar-refractivity contribution in [2.45, 2.75) is 18.9 Å². The van der Waals surface area contributed by atoms with Gasteiger partial charge in [-0.3, -0.25) is 14.5 Å². The number of para-hydroxylation sites is 4. The summed E-state index contributed by atoms with van der Waals surface area (Å²) < 4.78 is 5.97. The minimum atomic E-state index is -0.212. The van der Waals surface area contributed by atoms with E-state index in [1.165, 1.54) is 0 Å². The van der Waals surface area contributed by atoms with Gasteiger partial charge in [-0.25, -0.2) is 0 Å². The number of hydrogen-bond acceptors (Lipinski definition) is 4. The minimum Gasteiger partial charge on any atom is -0.489 e. The number of benzene rings is 3. The van der Waals surface area contributed by atoms with Crippen LogP contribution in [-0.2, 0) is 9.59 Å². The molecule has 32 heavy (non-hydrogen) atoms. The van der Waals surface area contributed by atoms with E-state index in [9.17, 15) is 9.59 Å². The lowest BCUT2D eigenvalue weighted by Crippen LogP contribution is -2.43. The van der Waals surface area contributed by atoms with Crippen LogP contribution >= 0.6 is 0 Å². The Bertz CT molecular complexity index is 1130. The Hall–Kier alpha value is -3.80. The number of amides is 2. The molecule has 1 saturated heterocycles. The number of nitrogens with zero attached hydrogens (tertiary/aromatic N) is 2. The van der Waals surface area contributed by atoms with E-state index in [1.807, 2.05) is 83.8 Å². The summed E-state index contributed by atoms with van der Waals surface area (Å²) in [5.74, 6) is 0.769. The van der Waals surface area contributed by atoms with Gasteiger partial charge in [-0.15, -0.1) is 0 Å². The highest BCUT2D eigenvalue weighted by molar-refractivity contribution is 6.01. The number of fused-ring (bicyclic) bond motifs is 1. The van der Waals surface area contributed by atoms with Crippen LogP contribution in [0.3, 0.4) is 0 Å². The zero-order valence-electron chi connectivity index (χ0n) is 17.7. The van der Waals surface area contributed by atoms with Crippen LogP contribution in [0.5, 0.6) is 5.75 Å². The summed E-state index contributed by atoms with van der Waals surface area (Å²) in [5, 5.41) is 3.28. The summed E-state index contributed by atoms with van der Waals surface area (Å²) in [5.41, 5.74) is 3.40. The van der Waals surface area contributed by atoms with Gasteiger partial charge < -0.3 is 15.0 Å². The Morgan fingerprint density at radius 3 is 2.44 bits per heavy atom. The van der Waals surface area contributed by atoms with E-state index >= 15 is 0 Å². The average molecular weight is 428 g/mol. The quantitative estimate of drug-likeness (QED) is 0.656. The monoisotopic (exact) mass is 427 g/mol. The van der Waals surface area contributed by atoms with Crippen molar-refractivity contribution in [2.24, 2.45) is 0 Å². The molecule has 2 amide bonds. The fraction of sp³-hybridized carbons (Fsp3) is 0.231. The number of ether oxygens (including phenoxy) is 1. The van der Waals surface area contributed by atoms with Gasteiger partial charge in [-0.1, -0.05) is 54.6 Å². The molecule has 1 fully saturated rings. The van der Waals surface area contributed by atoms with E-state index in [2.05, 4.69) is 5.32 Å². The second kappa shape index (κ2) is 8.75. The highest BCUT2D eigenvalue weighted by Crippen LogP contribution is 2.39. The Morgan fingerprint density at radius 2 is 1.66 bits per heavy atom. The lowest BCUT2D eigenvalue weighted by Gasteiger charge is -2.37. The van der Waals surface area contributed by atoms with Crippen LogP contribution in [0.15, 0.2) is 78.9 Å². The van der Waals surface area contributed by atoms with Gasteiger partial charge >= 0.3 is 0 Å². The molecule has 0 spiro atoms. The molecular weight excluding hydrogens is 402 g/mol. The zero-order valence-corrected chi connectivity index (χ0v) is 17.7. The molecule has 2 heterocycles.